The van der Waals surface area contributed by atoms with E-state index in [-0.39, 0.29) is 46.7 Å². The first-order chi connectivity index (χ1) is 2.27. The Morgan fingerprint density at radius 2 is 1.86 bits per heavy atom. The molecule has 0 aliphatic heterocycles. The third-order valence-corrected chi connectivity index (χ3v) is 0.175. The largest absolute Gasteiger partial charge is 0.480 e. The van der Waals surface area contributed by atoms with Gasteiger partial charge in [-0.05, 0) is 0 Å². The van der Waals surface area contributed by atoms with E-state index in [0.717, 1.165) is 0 Å². The summed E-state index contributed by atoms with van der Waals surface area (Å²) in [5.74, 6) is -0.968. The van der Waals surface area contributed by atoms with Crippen molar-refractivity contribution in [3.63, 3.8) is 0 Å². The SMILES string of the molecule is NCC(=O)O.[Fe].[MgH2]. The number of rotatable bonds is 1. The van der Waals surface area contributed by atoms with Crippen molar-refractivity contribution in [2.24, 2.45) is 5.73 Å². The van der Waals surface area contributed by atoms with E-state index < -0.39 is 5.97 Å². The van der Waals surface area contributed by atoms with Crippen molar-refractivity contribution in [1.29, 1.82) is 0 Å². The first kappa shape index (κ1) is 15.6. The molecule has 0 radical (unpaired) electrons. The van der Waals surface area contributed by atoms with Gasteiger partial charge in [-0.25, -0.2) is 0 Å². The van der Waals surface area contributed by atoms with Crippen LogP contribution in [0.2, 0.25) is 0 Å². The van der Waals surface area contributed by atoms with Gasteiger partial charge in [-0.3, -0.25) is 4.79 Å². The predicted molar refractivity (Wildman–Crippen MR) is 25.2 cm³/mol. The van der Waals surface area contributed by atoms with Gasteiger partial charge in [0.1, 0.15) is 0 Å². The molecule has 0 fully saturated rings. The van der Waals surface area contributed by atoms with Crippen molar-refractivity contribution in [2.45, 2.75) is 0 Å². The maximum absolute atomic E-state index is 9.24. The number of nitrogens with two attached hydrogens (primary N) is 1. The fraction of sp³-hybridized carbons (Fsp3) is 0.500. The van der Waals surface area contributed by atoms with Gasteiger partial charge < -0.3 is 10.8 Å². The zero-order valence-corrected chi connectivity index (χ0v) is 4.10. The first-order valence-corrected chi connectivity index (χ1v) is 1.19. The summed E-state index contributed by atoms with van der Waals surface area (Å²) in [5.41, 5.74) is 4.57. The number of carboxylic acids is 1. The molecule has 0 aromatic carbocycles. The number of carbonyl (C=O) groups is 1. The molecule has 0 aliphatic carbocycles. The second-order valence-corrected chi connectivity index (χ2v) is 0.598. The Morgan fingerprint density at radius 1 is 1.71 bits per heavy atom. The Labute approximate surface area is 68.3 Å². The van der Waals surface area contributed by atoms with Gasteiger partial charge in [-0.15, -0.1) is 0 Å². The number of hydrogen-bond acceptors (Lipinski definition) is 2. The second kappa shape index (κ2) is 9.87. The number of hydrogen-bond donors (Lipinski definition) is 2. The van der Waals surface area contributed by atoms with Crippen LogP contribution in [0.4, 0.5) is 0 Å². The first-order valence-electron chi connectivity index (χ1n) is 1.19. The second-order valence-electron chi connectivity index (χ2n) is 0.598. The molecule has 3 N–H and O–H groups in total. The quantitative estimate of drug-likeness (QED) is 0.437. The van der Waals surface area contributed by atoms with E-state index in [1.165, 1.54) is 0 Å². The molecule has 0 heterocycles. The molecule has 0 atom stereocenters. The van der Waals surface area contributed by atoms with Crippen LogP contribution < -0.4 is 5.73 Å². The number of carboxylic acid groups (broad SMARTS) is 1. The monoisotopic (exact) mass is 157 g/mol. The normalized spacial score (nSPS) is 5.29. The molecule has 0 saturated heterocycles. The standard InChI is InChI=1S/C2H5NO2.Fe.Mg.2H/c3-1-2(4)5;;;;/h1,3H2,(H,4,5);;;;. The molecule has 3 nitrogen and oxygen atoms in total. The molecule has 42 valence electrons. The fourth-order valence-electron chi connectivity index (χ4n) is 0. The maximum atomic E-state index is 9.24. The summed E-state index contributed by atoms with van der Waals surface area (Å²) in [5, 5.41) is 7.60. The Hall–Kier alpha value is 0.716. The van der Waals surface area contributed by atoms with Crippen molar-refractivity contribution in [1.82, 2.24) is 0 Å². The van der Waals surface area contributed by atoms with Crippen LogP contribution >= 0.6 is 0 Å². The predicted octanol–water partition coefficient (Wildman–Crippen LogP) is -1.89. The van der Waals surface area contributed by atoms with E-state index in [1.807, 2.05) is 0 Å². The van der Waals surface area contributed by atoms with Crippen molar-refractivity contribution in [3.05, 3.63) is 0 Å². The molecule has 0 aliphatic rings. The van der Waals surface area contributed by atoms with Crippen LogP contribution in [0.25, 0.3) is 0 Å². The zero-order valence-electron chi connectivity index (χ0n) is 2.99. The molecule has 7 heavy (non-hydrogen) atoms. The van der Waals surface area contributed by atoms with E-state index in [1.54, 1.807) is 0 Å². The minimum atomic E-state index is -0.968. The molecule has 0 saturated carbocycles. The summed E-state index contributed by atoms with van der Waals surface area (Å²) in [7, 11) is 0. The van der Waals surface area contributed by atoms with Gasteiger partial charge in [0.05, 0.1) is 6.54 Å². The summed E-state index contributed by atoms with van der Waals surface area (Å²) in [6.07, 6.45) is 0. The van der Waals surface area contributed by atoms with E-state index in [4.69, 9.17) is 5.11 Å². The van der Waals surface area contributed by atoms with E-state index in [2.05, 4.69) is 5.73 Å². The van der Waals surface area contributed by atoms with Gasteiger partial charge in [0.25, 0.3) is 0 Å². The molecule has 5 heteroatoms. The minimum absolute atomic E-state index is 0. The van der Waals surface area contributed by atoms with Crippen LogP contribution in [0.5, 0.6) is 0 Å². The molecule has 0 aromatic rings. The maximum Gasteiger partial charge on any atom is 0.317 e. The van der Waals surface area contributed by atoms with Crippen molar-refractivity contribution in [3.8, 4) is 0 Å². The number of aliphatic carboxylic acids is 1. The van der Waals surface area contributed by atoms with Crippen LogP contribution in [0.15, 0.2) is 0 Å². The van der Waals surface area contributed by atoms with Gasteiger partial charge in [0, 0.05) is 17.1 Å². The van der Waals surface area contributed by atoms with Crippen molar-refractivity contribution < 1.29 is 27.0 Å². The van der Waals surface area contributed by atoms with Crippen LogP contribution in [0.1, 0.15) is 0 Å². The van der Waals surface area contributed by atoms with Gasteiger partial charge in [-0.2, -0.15) is 0 Å². The van der Waals surface area contributed by atoms with Gasteiger partial charge in [0.15, 0.2) is 0 Å². The van der Waals surface area contributed by atoms with Gasteiger partial charge >= 0.3 is 29.0 Å². The summed E-state index contributed by atoms with van der Waals surface area (Å²) in [6, 6.07) is 0. The molecule has 0 amide bonds. The summed E-state index contributed by atoms with van der Waals surface area (Å²) in [4.78, 5) is 9.24. The molecule has 0 spiro atoms. The summed E-state index contributed by atoms with van der Waals surface area (Å²) in [6.45, 7) is -0.278. The summed E-state index contributed by atoms with van der Waals surface area (Å²) >= 11 is 0. The topological polar surface area (TPSA) is 63.3 Å². The fourth-order valence-corrected chi connectivity index (χ4v) is 0. The van der Waals surface area contributed by atoms with E-state index >= 15 is 0 Å². The van der Waals surface area contributed by atoms with Gasteiger partial charge in [0.2, 0.25) is 0 Å². The molecule has 0 rings (SSSR count). The smallest absolute Gasteiger partial charge is 0.317 e. The average molecular weight is 157 g/mol. The van der Waals surface area contributed by atoms with E-state index in [9.17, 15) is 4.79 Å². The molecule has 0 unspecified atom stereocenters. The summed E-state index contributed by atoms with van der Waals surface area (Å²) < 4.78 is 0. The third kappa shape index (κ3) is 20.2. The van der Waals surface area contributed by atoms with Crippen molar-refractivity contribution >= 4 is 29.0 Å². The average Bonchev–Trinajstić information content (AvgIpc) is 1.38. The Kier molecular flexibility index (Phi) is 22.1. The van der Waals surface area contributed by atoms with Crippen LogP contribution in [0, 0.1) is 0 Å². The van der Waals surface area contributed by atoms with Gasteiger partial charge in [-0.1, -0.05) is 0 Å². The van der Waals surface area contributed by atoms with Crippen LogP contribution in [-0.2, 0) is 21.9 Å². The zero-order chi connectivity index (χ0) is 4.28. The minimum Gasteiger partial charge on any atom is -0.480 e. The van der Waals surface area contributed by atoms with Crippen LogP contribution in [0.3, 0.4) is 0 Å². The Morgan fingerprint density at radius 3 is 1.86 bits per heavy atom. The molecular formula is C2H7FeMgNO2. The Balaban J connectivity index is -0.0000000800. The van der Waals surface area contributed by atoms with E-state index in [0.29, 0.717) is 0 Å². The Bertz CT molecular complexity index is 51.0. The third-order valence-electron chi connectivity index (χ3n) is 0.175. The molecular weight excluding hydrogens is 150 g/mol. The van der Waals surface area contributed by atoms with Crippen LogP contribution in [-0.4, -0.2) is 40.7 Å². The van der Waals surface area contributed by atoms with Crippen molar-refractivity contribution in [2.75, 3.05) is 6.54 Å². The molecule has 0 aromatic heterocycles. The molecule has 0 bridgehead atoms.